The normalized spacial score (nSPS) is 14.7. The largest absolute Gasteiger partial charge is 0.421 e. The maximum Gasteiger partial charge on any atom is 0.248 e. The van der Waals surface area contributed by atoms with Crippen LogP contribution in [0.2, 0.25) is 0 Å². The summed E-state index contributed by atoms with van der Waals surface area (Å²) in [6, 6.07) is 10.6. The van der Waals surface area contributed by atoms with Crippen molar-refractivity contribution >= 4 is 10.9 Å². The monoisotopic (exact) mass is 280 g/mol. The third kappa shape index (κ3) is 2.64. The molecule has 5 nitrogen and oxygen atoms in total. The van der Waals surface area contributed by atoms with Gasteiger partial charge in [-0.15, -0.1) is 10.2 Å². The Morgan fingerprint density at radius 2 is 2.05 bits per heavy atom. The van der Waals surface area contributed by atoms with Crippen LogP contribution in [0.3, 0.4) is 0 Å². The molecule has 4 rings (SSSR count). The third-order valence-corrected chi connectivity index (χ3v) is 3.70. The average Bonchev–Trinajstić information content (AvgIpc) is 3.23. The molecule has 0 bridgehead atoms. The Morgan fingerprint density at radius 3 is 2.95 bits per heavy atom. The van der Waals surface area contributed by atoms with Crippen LogP contribution in [0.1, 0.15) is 18.7 Å². The van der Waals surface area contributed by atoms with Crippen LogP contribution in [0.15, 0.2) is 40.9 Å². The number of nitrogens with zero attached hydrogens (tertiary/aromatic N) is 3. The molecule has 2 aromatic heterocycles. The first-order valence-electron chi connectivity index (χ1n) is 7.30. The summed E-state index contributed by atoms with van der Waals surface area (Å²) in [4.78, 5) is 4.35. The fourth-order valence-electron chi connectivity index (χ4n) is 2.42. The molecule has 1 N–H and O–H groups in total. The Kier molecular flexibility index (Phi) is 3.12. The fourth-order valence-corrected chi connectivity index (χ4v) is 2.42. The topological polar surface area (TPSA) is 63.8 Å². The van der Waals surface area contributed by atoms with E-state index in [2.05, 4.69) is 20.5 Å². The summed E-state index contributed by atoms with van der Waals surface area (Å²) in [5, 5.41) is 12.8. The molecular weight excluding hydrogens is 264 g/mol. The van der Waals surface area contributed by atoms with Gasteiger partial charge in [0.25, 0.3) is 0 Å². The lowest BCUT2D eigenvalue weighted by molar-refractivity contribution is 0.494. The highest BCUT2D eigenvalue weighted by molar-refractivity contribution is 5.91. The van der Waals surface area contributed by atoms with Gasteiger partial charge in [0.1, 0.15) is 0 Å². The fraction of sp³-hybridized carbons (Fsp3) is 0.312. The highest BCUT2D eigenvalue weighted by Crippen LogP contribution is 2.26. The molecule has 21 heavy (non-hydrogen) atoms. The van der Waals surface area contributed by atoms with E-state index in [9.17, 15) is 0 Å². The van der Waals surface area contributed by atoms with Gasteiger partial charge in [0.15, 0.2) is 0 Å². The van der Waals surface area contributed by atoms with Crippen molar-refractivity contribution in [1.29, 1.82) is 0 Å². The van der Waals surface area contributed by atoms with Crippen LogP contribution in [-0.4, -0.2) is 27.8 Å². The van der Waals surface area contributed by atoms with E-state index in [-0.39, 0.29) is 0 Å². The summed E-state index contributed by atoms with van der Waals surface area (Å²) in [5.41, 5.74) is 1.87. The molecule has 0 radical (unpaired) electrons. The van der Waals surface area contributed by atoms with Crippen molar-refractivity contribution in [3.63, 3.8) is 0 Å². The quantitative estimate of drug-likeness (QED) is 0.778. The summed E-state index contributed by atoms with van der Waals surface area (Å²) in [6.07, 6.45) is 5.12. The zero-order valence-electron chi connectivity index (χ0n) is 11.6. The van der Waals surface area contributed by atoms with Gasteiger partial charge in [0.05, 0.1) is 5.52 Å². The lowest BCUT2D eigenvalue weighted by Gasteiger charge is -2.01. The Labute approximate surface area is 122 Å². The van der Waals surface area contributed by atoms with E-state index >= 15 is 0 Å². The van der Waals surface area contributed by atoms with Crippen LogP contribution >= 0.6 is 0 Å². The first-order valence-corrected chi connectivity index (χ1v) is 7.30. The maximum absolute atomic E-state index is 5.79. The van der Waals surface area contributed by atoms with E-state index in [0.717, 1.165) is 29.4 Å². The number of pyridine rings is 1. The van der Waals surface area contributed by atoms with Crippen LogP contribution < -0.4 is 5.32 Å². The van der Waals surface area contributed by atoms with E-state index in [1.807, 2.05) is 30.3 Å². The van der Waals surface area contributed by atoms with Crippen molar-refractivity contribution in [3.8, 4) is 11.5 Å². The molecule has 1 saturated carbocycles. The van der Waals surface area contributed by atoms with Gasteiger partial charge >= 0.3 is 0 Å². The standard InChI is InChI=1S/C16H16N4O/c1-2-4-14-12(3-1)13(7-9-18-14)16-20-19-15(21-16)8-10-17-11-5-6-11/h1-4,7,9,11,17H,5-6,8,10H2. The third-order valence-electron chi connectivity index (χ3n) is 3.70. The van der Waals surface area contributed by atoms with E-state index in [1.54, 1.807) is 6.20 Å². The molecular formula is C16H16N4O. The minimum Gasteiger partial charge on any atom is -0.421 e. The Morgan fingerprint density at radius 1 is 1.14 bits per heavy atom. The molecule has 0 unspecified atom stereocenters. The smallest absolute Gasteiger partial charge is 0.248 e. The van der Waals surface area contributed by atoms with Gasteiger partial charge in [-0.25, -0.2) is 0 Å². The highest BCUT2D eigenvalue weighted by atomic mass is 16.4. The van der Waals surface area contributed by atoms with Crippen molar-refractivity contribution in [2.24, 2.45) is 0 Å². The predicted octanol–water partition coefficient (Wildman–Crippen LogP) is 2.58. The molecule has 0 aliphatic heterocycles. The van der Waals surface area contributed by atoms with Crippen molar-refractivity contribution in [3.05, 3.63) is 42.4 Å². The van der Waals surface area contributed by atoms with Gasteiger partial charge in [-0.05, 0) is 25.0 Å². The van der Waals surface area contributed by atoms with Crippen molar-refractivity contribution < 1.29 is 4.42 Å². The molecule has 1 aliphatic rings. The Balaban J connectivity index is 1.58. The first kappa shape index (κ1) is 12.5. The van der Waals surface area contributed by atoms with Gasteiger partial charge in [-0.1, -0.05) is 18.2 Å². The Bertz CT molecular complexity index is 758. The minimum atomic E-state index is 0.565. The van der Waals surface area contributed by atoms with Gasteiger partial charge in [0, 0.05) is 36.2 Å². The lowest BCUT2D eigenvalue weighted by atomic mass is 10.1. The number of nitrogens with one attached hydrogen (secondary N) is 1. The molecule has 2 heterocycles. The SMILES string of the molecule is c1ccc2c(-c3nnc(CCNC4CC4)o3)ccnc2c1. The lowest BCUT2D eigenvalue weighted by Crippen LogP contribution is -2.19. The number of aromatic nitrogens is 3. The first-order chi connectivity index (χ1) is 10.4. The summed E-state index contributed by atoms with van der Waals surface area (Å²) >= 11 is 0. The molecule has 1 aliphatic carbocycles. The minimum absolute atomic E-state index is 0.565. The number of para-hydroxylation sites is 1. The van der Waals surface area contributed by atoms with Crippen LogP contribution in [0.25, 0.3) is 22.4 Å². The van der Waals surface area contributed by atoms with Crippen LogP contribution in [-0.2, 0) is 6.42 Å². The van der Waals surface area contributed by atoms with Crippen LogP contribution in [0.4, 0.5) is 0 Å². The van der Waals surface area contributed by atoms with Crippen LogP contribution in [0.5, 0.6) is 0 Å². The van der Waals surface area contributed by atoms with Gasteiger partial charge in [0.2, 0.25) is 11.8 Å². The second-order valence-corrected chi connectivity index (χ2v) is 5.36. The molecule has 1 aromatic carbocycles. The molecule has 0 atom stereocenters. The van der Waals surface area contributed by atoms with Crippen LogP contribution in [0, 0.1) is 0 Å². The predicted molar refractivity (Wildman–Crippen MR) is 79.8 cm³/mol. The number of hydrogen-bond donors (Lipinski definition) is 1. The van der Waals surface area contributed by atoms with E-state index in [0.29, 0.717) is 17.8 Å². The summed E-state index contributed by atoms with van der Waals surface area (Å²) < 4.78 is 5.79. The number of fused-ring (bicyclic) bond motifs is 1. The second kappa shape index (κ2) is 5.26. The average molecular weight is 280 g/mol. The summed E-state index contributed by atoms with van der Waals surface area (Å²) in [6.45, 7) is 0.892. The maximum atomic E-state index is 5.79. The van der Waals surface area contributed by atoms with E-state index in [4.69, 9.17) is 4.42 Å². The van der Waals surface area contributed by atoms with E-state index in [1.165, 1.54) is 12.8 Å². The van der Waals surface area contributed by atoms with Gasteiger partial charge in [-0.2, -0.15) is 0 Å². The molecule has 3 aromatic rings. The zero-order chi connectivity index (χ0) is 14.1. The van der Waals surface area contributed by atoms with Gasteiger partial charge < -0.3 is 9.73 Å². The van der Waals surface area contributed by atoms with Crippen molar-refractivity contribution in [2.45, 2.75) is 25.3 Å². The van der Waals surface area contributed by atoms with Crippen molar-refractivity contribution in [2.75, 3.05) is 6.54 Å². The Hall–Kier alpha value is -2.27. The van der Waals surface area contributed by atoms with E-state index < -0.39 is 0 Å². The molecule has 0 spiro atoms. The second-order valence-electron chi connectivity index (χ2n) is 5.36. The number of benzene rings is 1. The summed E-state index contributed by atoms with van der Waals surface area (Å²) in [7, 11) is 0. The zero-order valence-corrected chi connectivity index (χ0v) is 11.6. The molecule has 0 saturated heterocycles. The van der Waals surface area contributed by atoms with Gasteiger partial charge in [-0.3, -0.25) is 4.98 Å². The molecule has 106 valence electrons. The molecule has 5 heteroatoms. The molecule has 1 fully saturated rings. The number of hydrogen-bond acceptors (Lipinski definition) is 5. The molecule has 0 amide bonds. The highest BCUT2D eigenvalue weighted by Gasteiger charge is 2.20. The number of rotatable bonds is 5. The van der Waals surface area contributed by atoms with Crippen molar-refractivity contribution in [1.82, 2.24) is 20.5 Å². The summed E-state index contributed by atoms with van der Waals surface area (Å²) in [5.74, 6) is 1.24.